The average Bonchev–Trinajstić information content (AvgIpc) is 2.54. The molecular formula is C16H22O6. The third kappa shape index (κ3) is 3.64. The number of ether oxygens (including phenoxy) is 4. The van der Waals surface area contributed by atoms with Gasteiger partial charge in [-0.25, -0.2) is 4.79 Å². The topological polar surface area (TPSA) is 71.1 Å². The van der Waals surface area contributed by atoms with E-state index in [0.717, 1.165) is 0 Å². The van der Waals surface area contributed by atoms with E-state index in [-0.39, 0.29) is 25.4 Å². The number of rotatable bonds is 9. The van der Waals surface area contributed by atoms with Crippen LogP contribution in [0.5, 0.6) is 5.75 Å². The summed E-state index contributed by atoms with van der Waals surface area (Å²) in [6.45, 7) is 5.32. The molecule has 0 amide bonds. The van der Waals surface area contributed by atoms with Gasteiger partial charge >= 0.3 is 11.8 Å². The highest BCUT2D eigenvalue weighted by molar-refractivity contribution is 6.15. The summed E-state index contributed by atoms with van der Waals surface area (Å²) in [7, 11) is 1.44. The maximum absolute atomic E-state index is 12.9. The van der Waals surface area contributed by atoms with Gasteiger partial charge in [0.05, 0.1) is 19.3 Å². The molecule has 1 rings (SSSR count). The van der Waals surface area contributed by atoms with Gasteiger partial charge < -0.3 is 18.9 Å². The predicted molar refractivity (Wildman–Crippen MR) is 79.9 cm³/mol. The molecule has 6 heteroatoms. The maximum Gasteiger partial charge on any atom is 0.375 e. The second-order valence-electron chi connectivity index (χ2n) is 4.23. The van der Waals surface area contributed by atoms with Crippen molar-refractivity contribution >= 4 is 11.8 Å². The van der Waals surface area contributed by atoms with E-state index < -0.39 is 17.5 Å². The van der Waals surface area contributed by atoms with Crippen LogP contribution in [0, 0.1) is 0 Å². The molecule has 0 saturated heterocycles. The van der Waals surface area contributed by atoms with Crippen molar-refractivity contribution < 1.29 is 28.5 Å². The fraction of sp³-hybridized carbons (Fsp3) is 0.500. The number of methoxy groups -OCH3 is 1. The molecule has 0 aliphatic heterocycles. The lowest BCUT2D eigenvalue weighted by Gasteiger charge is -2.29. The van der Waals surface area contributed by atoms with Crippen molar-refractivity contribution in [1.82, 2.24) is 0 Å². The van der Waals surface area contributed by atoms with Crippen LogP contribution in [0.3, 0.4) is 0 Å². The summed E-state index contributed by atoms with van der Waals surface area (Å²) in [4.78, 5) is 25.2. The van der Waals surface area contributed by atoms with Crippen molar-refractivity contribution in [2.75, 3.05) is 26.9 Å². The van der Waals surface area contributed by atoms with Crippen LogP contribution in [0.1, 0.15) is 31.1 Å². The molecule has 122 valence electrons. The lowest BCUT2D eigenvalue weighted by Crippen LogP contribution is -2.52. The van der Waals surface area contributed by atoms with Gasteiger partial charge in [0.25, 0.3) is 0 Å². The van der Waals surface area contributed by atoms with Crippen LogP contribution in [-0.4, -0.2) is 44.5 Å². The smallest absolute Gasteiger partial charge is 0.375 e. The number of hydrogen-bond donors (Lipinski definition) is 0. The predicted octanol–water partition coefficient (Wildman–Crippen LogP) is 2.21. The zero-order chi connectivity index (χ0) is 16.6. The third-order valence-electron chi connectivity index (χ3n) is 2.89. The van der Waals surface area contributed by atoms with Crippen molar-refractivity contribution in [1.29, 1.82) is 0 Å². The molecule has 22 heavy (non-hydrogen) atoms. The first-order valence-corrected chi connectivity index (χ1v) is 7.20. The number of carbonyl (C=O) groups is 2. The SMILES string of the molecule is CCOC(=O)C(OCC)(OCC)C(=O)c1ccccc1OC. The molecule has 0 heterocycles. The summed E-state index contributed by atoms with van der Waals surface area (Å²) in [5.41, 5.74) is 0.194. The fourth-order valence-corrected chi connectivity index (χ4v) is 2.03. The van der Waals surface area contributed by atoms with Crippen molar-refractivity contribution in [3.63, 3.8) is 0 Å². The number of carbonyl (C=O) groups excluding carboxylic acids is 2. The van der Waals surface area contributed by atoms with Crippen molar-refractivity contribution in [2.45, 2.75) is 26.6 Å². The van der Waals surface area contributed by atoms with Gasteiger partial charge in [-0.2, -0.15) is 0 Å². The molecule has 0 bridgehead atoms. The number of esters is 1. The van der Waals surface area contributed by atoms with E-state index in [4.69, 9.17) is 18.9 Å². The summed E-state index contributed by atoms with van der Waals surface area (Å²) in [5.74, 6) is -3.30. The van der Waals surface area contributed by atoms with E-state index in [1.54, 1.807) is 45.0 Å². The molecule has 0 N–H and O–H groups in total. The normalized spacial score (nSPS) is 11.1. The fourth-order valence-electron chi connectivity index (χ4n) is 2.03. The molecule has 1 aromatic carbocycles. The maximum atomic E-state index is 12.9. The Morgan fingerprint density at radius 2 is 1.59 bits per heavy atom. The van der Waals surface area contributed by atoms with E-state index in [1.165, 1.54) is 7.11 Å². The van der Waals surface area contributed by atoms with Crippen LogP contribution in [0.15, 0.2) is 24.3 Å². The summed E-state index contributed by atoms with van der Waals surface area (Å²) in [5, 5.41) is 0. The Morgan fingerprint density at radius 1 is 1.00 bits per heavy atom. The number of Topliss-reactive ketones (excluding diaryl/α,β-unsaturated/α-hetero) is 1. The first-order valence-electron chi connectivity index (χ1n) is 7.20. The molecular weight excluding hydrogens is 288 g/mol. The minimum absolute atomic E-state index is 0.111. The standard InChI is InChI=1S/C16H22O6/c1-5-20-15(18)16(21-6-2,22-7-3)14(17)12-10-8-9-11-13(12)19-4/h8-11H,5-7H2,1-4H3. The van der Waals surface area contributed by atoms with Crippen molar-refractivity contribution in [2.24, 2.45) is 0 Å². The van der Waals surface area contributed by atoms with Gasteiger partial charge in [-0.05, 0) is 32.9 Å². The summed E-state index contributed by atoms with van der Waals surface area (Å²) in [6, 6.07) is 6.57. The molecule has 0 aromatic heterocycles. The molecule has 0 radical (unpaired) electrons. The second kappa shape index (κ2) is 8.51. The molecule has 6 nitrogen and oxygen atoms in total. The average molecular weight is 310 g/mol. The number of para-hydroxylation sites is 1. The van der Waals surface area contributed by atoms with Crippen LogP contribution >= 0.6 is 0 Å². The molecule has 0 unspecified atom stereocenters. The highest BCUT2D eigenvalue weighted by Crippen LogP contribution is 2.27. The first-order chi connectivity index (χ1) is 10.6. The molecule has 0 atom stereocenters. The van der Waals surface area contributed by atoms with Gasteiger partial charge in [0, 0.05) is 13.2 Å². The largest absolute Gasteiger partial charge is 0.496 e. The Bertz CT molecular complexity index is 505. The molecule has 0 aliphatic carbocycles. The quantitative estimate of drug-likeness (QED) is 0.301. The van der Waals surface area contributed by atoms with Gasteiger partial charge in [-0.1, -0.05) is 12.1 Å². The minimum atomic E-state index is -2.12. The summed E-state index contributed by atoms with van der Waals surface area (Å²) < 4.78 is 20.9. The minimum Gasteiger partial charge on any atom is -0.496 e. The van der Waals surface area contributed by atoms with Crippen LogP contribution in [0.2, 0.25) is 0 Å². The highest BCUT2D eigenvalue weighted by atomic mass is 16.7. The van der Waals surface area contributed by atoms with Gasteiger partial charge in [0.1, 0.15) is 5.75 Å². The van der Waals surface area contributed by atoms with Gasteiger partial charge in [-0.15, -0.1) is 0 Å². The van der Waals surface area contributed by atoms with E-state index in [2.05, 4.69) is 0 Å². The van der Waals surface area contributed by atoms with Crippen LogP contribution in [0.4, 0.5) is 0 Å². The van der Waals surface area contributed by atoms with Crippen molar-refractivity contribution in [3.8, 4) is 5.75 Å². The summed E-state index contributed by atoms with van der Waals surface area (Å²) >= 11 is 0. The molecule has 0 spiro atoms. The van der Waals surface area contributed by atoms with Gasteiger partial charge in [0.15, 0.2) is 0 Å². The van der Waals surface area contributed by atoms with E-state index in [9.17, 15) is 9.59 Å². The molecule has 0 fully saturated rings. The van der Waals surface area contributed by atoms with E-state index in [0.29, 0.717) is 5.75 Å². The summed E-state index contributed by atoms with van der Waals surface area (Å²) in [6.07, 6.45) is 0. The molecule has 1 aromatic rings. The van der Waals surface area contributed by atoms with Crippen LogP contribution in [0.25, 0.3) is 0 Å². The Hall–Kier alpha value is -1.92. The first kappa shape index (κ1) is 18.1. The molecule has 0 aliphatic rings. The second-order valence-corrected chi connectivity index (χ2v) is 4.23. The van der Waals surface area contributed by atoms with E-state index in [1.807, 2.05) is 0 Å². The number of ketones is 1. The molecule has 0 saturated carbocycles. The Balaban J connectivity index is 3.35. The number of benzene rings is 1. The van der Waals surface area contributed by atoms with Gasteiger partial charge in [0.2, 0.25) is 5.78 Å². The Kier molecular flexibility index (Phi) is 7.01. The lowest BCUT2D eigenvalue weighted by atomic mass is 10.0. The number of hydrogen-bond acceptors (Lipinski definition) is 6. The zero-order valence-corrected chi connectivity index (χ0v) is 13.4. The van der Waals surface area contributed by atoms with Crippen LogP contribution in [-0.2, 0) is 19.0 Å². The van der Waals surface area contributed by atoms with Crippen molar-refractivity contribution in [3.05, 3.63) is 29.8 Å². The third-order valence-corrected chi connectivity index (χ3v) is 2.89. The lowest BCUT2D eigenvalue weighted by molar-refractivity contribution is -0.222. The van der Waals surface area contributed by atoms with E-state index >= 15 is 0 Å². The Labute approximate surface area is 130 Å². The van der Waals surface area contributed by atoms with Gasteiger partial charge in [-0.3, -0.25) is 4.79 Å². The monoisotopic (exact) mass is 310 g/mol. The van der Waals surface area contributed by atoms with Crippen LogP contribution < -0.4 is 4.74 Å². The zero-order valence-electron chi connectivity index (χ0n) is 13.4. The Morgan fingerprint density at radius 3 is 2.09 bits per heavy atom. The highest BCUT2D eigenvalue weighted by Gasteiger charge is 2.51.